The first-order valence-electron chi connectivity index (χ1n) is 14.4. The third kappa shape index (κ3) is 3.11. The van der Waals surface area contributed by atoms with E-state index in [9.17, 15) is 0 Å². The van der Waals surface area contributed by atoms with Gasteiger partial charge in [-0.05, 0) is 126 Å². The van der Waals surface area contributed by atoms with Crippen LogP contribution in [0.25, 0.3) is 0 Å². The average Bonchev–Trinajstić information content (AvgIpc) is 3.32. The molecule has 2 heteroatoms. The van der Waals surface area contributed by atoms with Gasteiger partial charge in [0.15, 0.2) is 0 Å². The second-order valence-corrected chi connectivity index (χ2v) is 14.3. The molecule has 2 aliphatic heterocycles. The first-order valence-corrected chi connectivity index (χ1v) is 14.4. The van der Waals surface area contributed by atoms with Gasteiger partial charge in [0, 0.05) is 24.7 Å². The highest BCUT2D eigenvalue weighted by molar-refractivity contribution is 5.32. The van der Waals surface area contributed by atoms with Crippen LogP contribution in [0.3, 0.4) is 0 Å². The molecule has 4 aliphatic carbocycles. The molecule has 2 heterocycles. The number of piperidine rings is 1. The monoisotopic (exact) mass is 450 g/mol. The number of hydrogen-bond acceptors (Lipinski definition) is 2. The van der Waals surface area contributed by atoms with Crippen molar-refractivity contribution < 1.29 is 0 Å². The largest absolute Gasteiger partial charge is 0.306 e. The van der Waals surface area contributed by atoms with Crippen molar-refractivity contribution in [2.45, 2.75) is 111 Å². The van der Waals surface area contributed by atoms with Gasteiger partial charge in [0.25, 0.3) is 0 Å². The van der Waals surface area contributed by atoms with Gasteiger partial charge in [-0.25, -0.2) is 0 Å². The van der Waals surface area contributed by atoms with Crippen molar-refractivity contribution in [2.75, 3.05) is 20.6 Å². The quantitative estimate of drug-likeness (QED) is 0.400. The summed E-state index contributed by atoms with van der Waals surface area (Å²) in [4.78, 5) is 5.52. The number of nitrogens with zero attached hydrogens (tertiary/aromatic N) is 2. The Morgan fingerprint density at radius 2 is 1.76 bits per heavy atom. The predicted molar refractivity (Wildman–Crippen MR) is 139 cm³/mol. The van der Waals surface area contributed by atoms with Gasteiger partial charge in [-0.2, -0.15) is 0 Å². The van der Waals surface area contributed by atoms with E-state index in [0.29, 0.717) is 10.8 Å². The number of allylic oxidation sites excluding steroid dienone is 3. The highest BCUT2D eigenvalue weighted by atomic mass is 15.2. The standard InChI is InChI=1S/C31H50N2/c1-19(2)23-12-15-33-27(23)16-20(3)29-28(33)18-26-24-9-8-21-17-22(32(6)7)10-13-30(21,4)25(24)11-14-31(26,29)5/h9,20-22,25-29H,8,10-18H2,1-7H3/t20-,21+,22-,25-,26+,27-,28+,29+,30+,31+/m1/s1. The maximum atomic E-state index is 3.02. The maximum Gasteiger partial charge on any atom is 0.0316 e. The Hall–Kier alpha value is -0.600. The molecule has 0 aromatic carbocycles. The highest BCUT2D eigenvalue weighted by Crippen LogP contribution is 2.69. The fourth-order valence-electron chi connectivity index (χ4n) is 10.9. The molecule has 0 aromatic rings. The van der Waals surface area contributed by atoms with Crippen LogP contribution >= 0.6 is 0 Å². The topological polar surface area (TPSA) is 6.48 Å². The Bertz CT molecular complexity index is 864. The molecule has 0 aromatic heterocycles. The molecule has 6 aliphatic rings. The van der Waals surface area contributed by atoms with Crippen LogP contribution in [0.1, 0.15) is 92.4 Å². The Morgan fingerprint density at radius 1 is 1.00 bits per heavy atom. The molecule has 5 fully saturated rings. The molecule has 0 spiro atoms. The summed E-state index contributed by atoms with van der Waals surface area (Å²) < 4.78 is 0. The zero-order valence-corrected chi connectivity index (χ0v) is 22.7. The van der Waals surface area contributed by atoms with Crippen LogP contribution in [0.2, 0.25) is 0 Å². The van der Waals surface area contributed by atoms with Gasteiger partial charge in [-0.15, -0.1) is 0 Å². The van der Waals surface area contributed by atoms with Gasteiger partial charge in [0.05, 0.1) is 0 Å². The Balaban J connectivity index is 1.32. The lowest BCUT2D eigenvalue weighted by Gasteiger charge is -2.58. The van der Waals surface area contributed by atoms with Gasteiger partial charge >= 0.3 is 0 Å². The van der Waals surface area contributed by atoms with Gasteiger partial charge in [0.2, 0.25) is 0 Å². The molecule has 184 valence electrons. The minimum Gasteiger partial charge on any atom is -0.306 e. The van der Waals surface area contributed by atoms with Gasteiger partial charge in [0.1, 0.15) is 0 Å². The second kappa shape index (κ2) is 7.70. The fourth-order valence-corrected chi connectivity index (χ4v) is 10.9. The summed E-state index contributed by atoms with van der Waals surface area (Å²) in [5, 5.41) is 0. The molecule has 0 unspecified atom stereocenters. The Morgan fingerprint density at radius 3 is 2.48 bits per heavy atom. The van der Waals surface area contributed by atoms with E-state index < -0.39 is 0 Å². The molecule has 0 bridgehead atoms. The minimum atomic E-state index is 0.537. The molecule has 6 rings (SSSR count). The van der Waals surface area contributed by atoms with E-state index in [1.54, 1.807) is 11.1 Å². The number of hydrogen-bond donors (Lipinski definition) is 0. The summed E-state index contributed by atoms with van der Waals surface area (Å²) in [6, 6.07) is 2.40. The average molecular weight is 451 g/mol. The third-order valence-electron chi connectivity index (χ3n) is 12.6. The molecule has 0 N–H and O–H groups in total. The summed E-state index contributed by atoms with van der Waals surface area (Å²) in [5.74, 6) is 4.41. The lowest BCUT2D eigenvalue weighted by Crippen LogP contribution is -2.54. The second-order valence-electron chi connectivity index (χ2n) is 14.3. The van der Waals surface area contributed by atoms with Gasteiger partial charge in [-0.1, -0.05) is 43.6 Å². The van der Waals surface area contributed by atoms with E-state index in [4.69, 9.17) is 0 Å². The molecule has 2 nitrogen and oxygen atoms in total. The molecule has 2 saturated heterocycles. The number of rotatable bonds is 1. The number of fused-ring (bicyclic) bond motifs is 9. The van der Waals surface area contributed by atoms with E-state index in [1.807, 2.05) is 5.57 Å². The molecular weight excluding hydrogens is 400 g/mol. The maximum absolute atomic E-state index is 3.02. The van der Waals surface area contributed by atoms with Crippen LogP contribution < -0.4 is 0 Å². The Labute approximate surface area is 204 Å². The first kappa shape index (κ1) is 22.8. The smallest absolute Gasteiger partial charge is 0.0316 e. The van der Waals surface area contributed by atoms with Crippen molar-refractivity contribution in [3.05, 3.63) is 22.8 Å². The van der Waals surface area contributed by atoms with Crippen LogP contribution in [0.4, 0.5) is 0 Å². The predicted octanol–water partition coefficient (Wildman–Crippen LogP) is 6.92. The highest BCUT2D eigenvalue weighted by Gasteiger charge is 2.63. The minimum absolute atomic E-state index is 0.537. The summed E-state index contributed by atoms with van der Waals surface area (Å²) in [6.07, 6.45) is 15.6. The van der Waals surface area contributed by atoms with E-state index in [2.05, 4.69) is 64.6 Å². The first-order chi connectivity index (χ1) is 15.6. The zero-order valence-electron chi connectivity index (χ0n) is 22.7. The van der Waals surface area contributed by atoms with Gasteiger partial charge in [-0.3, -0.25) is 4.90 Å². The van der Waals surface area contributed by atoms with Crippen LogP contribution in [-0.2, 0) is 0 Å². The van der Waals surface area contributed by atoms with Crippen LogP contribution in [0.15, 0.2) is 22.8 Å². The normalized spacial score (nSPS) is 51.4. The summed E-state index contributed by atoms with van der Waals surface area (Å²) in [7, 11) is 4.61. The van der Waals surface area contributed by atoms with Crippen LogP contribution in [0, 0.1) is 40.4 Å². The van der Waals surface area contributed by atoms with Crippen molar-refractivity contribution in [1.82, 2.24) is 9.80 Å². The van der Waals surface area contributed by atoms with Crippen molar-refractivity contribution in [3.8, 4) is 0 Å². The molecule has 0 amide bonds. The van der Waals surface area contributed by atoms with Gasteiger partial charge < -0.3 is 4.90 Å². The van der Waals surface area contributed by atoms with E-state index in [0.717, 1.165) is 47.7 Å². The molecular formula is C31H50N2. The lowest BCUT2D eigenvalue weighted by molar-refractivity contribution is -0.0383. The van der Waals surface area contributed by atoms with E-state index >= 15 is 0 Å². The molecule has 10 atom stereocenters. The van der Waals surface area contributed by atoms with E-state index in [-0.39, 0.29) is 0 Å². The van der Waals surface area contributed by atoms with Crippen molar-refractivity contribution in [3.63, 3.8) is 0 Å². The van der Waals surface area contributed by atoms with Crippen molar-refractivity contribution >= 4 is 0 Å². The fraction of sp³-hybridized carbons (Fsp3) is 0.871. The lowest BCUT2D eigenvalue weighted by atomic mass is 9.47. The summed E-state index contributed by atoms with van der Waals surface area (Å²) in [6.45, 7) is 14.1. The summed E-state index contributed by atoms with van der Waals surface area (Å²) >= 11 is 0. The SMILES string of the molecule is CC(C)=C1CCN2[C@@H]1C[C@@H](C)[C@H]1[C@@H]2C[C@H]2C3=CC[C@H]4C[C@H](N(C)C)CC[C@]4(C)[C@@H]3CC[C@]12C. The van der Waals surface area contributed by atoms with Crippen LogP contribution in [0.5, 0.6) is 0 Å². The summed E-state index contributed by atoms with van der Waals surface area (Å²) in [5.41, 5.74) is 6.45. The van der Waals surface area contributed by atoms with Crippen LogP contribution in [-0.4, -0.2) is 48.6 Å². The molecule has 3 saturated carbocycles. The van der Waals surface area contributed by atoms with Crippen molar-refractivity contribution in [1.29, 1.82) is 0 Å². The van der Waals surface area contributed by atoms with Crippen molar-refractivity contribution in [2.24, 2.45) is 40.4 Å². The Kier molecular flexibility index (Phi) is 5.33. The molecule has 33 heavy (non-hydrogen) atoms. The molecule has 0 radical (unpaired) electrons. The third-order valence-corrected chi connectivity index (χ3v) is 12.6. The zero-order chi connectivity index (χ0) is 23.3. The van der Waals surface area contributed by atoms with E-state index in [1.165, 1.54) is 64.3 Å².